The van der Waals surface area contributed by atoms with Crippen molar-refractivity contribution < 1.29 is 19.4 Å². The minimum absolute atomic E-state index is 0.136. The van der Waals surface area contributed by atoms with Crippen molar-refractivity contribution in [2.75, 3.05) is 18.2 Å². The maximum absolute atomic E-state index is 12.8. The molecular weight excluding hydrogens is 500 g/mol. The molecule has 0 unspecified atom stereocenters. The Morgan fingerprint density at radius 2 is 1.97 bits per heavy atom. The summed E-state index contributed by atoms with van der Waals surface area (Å²) < 4.78 is 11.6. The molecule has 3 heterocycles. The van der Waals surface area contributed by atoms with E-state index in [4.69, 9.17) is 19.4 Å². The number of fused-ring (bicyclic) bond motifs is 2. The van der Waals surface area contributed by atoms with Gasteiger partial charge in [0.1, 0.15) is 10.8 Å². The van der Waals surface area contributed by atoms with Crippen molar-refractivity contribution in [2.45, 2.75) is 38.3 Å². The van der Waals surface area contributed by atoms with Crippen LogP contribution in [-0.4, -0.2) is 38.8 Å². The number of hydrogen-bond donors (Lipinski definition) is 2. The number of aliphatic hydroxyl groups is 1. The first kappa shape index (κ1) is 25.7. The lowest BCUT2D eigenvalue weighted by Gasteiger charge is -2.24. The lowest BCUT2D eigenvalue weighted by atomic mass is 9.99. The predicted octanol–water partition coefficient (Wildman–Crippen LogP) is 5.34. The first-order chi connectivity index (χ1) is 18.5. The number of ether oxygens (including phenoxy) is 2. The van der Waals surface area contributed by atoms with Gasteiger partial charge in [-0.15, -0.1) is 0 Å². The normalized spacial score (nSPS) is 11.8. The third kappa shape index (κ3) is 5.34. The molecule has 8 nitrogen and oxygen atoms in total. The molecule has 0 fully saturated rings. The van der Waals surface area contributed by atoms with Gasteiger partial charge in [0.05, 0.1) is 30.7 Å². The first-order valence-electron chi connectivity index (χ1n) is 12.3. The van der Waals surface area contributed by atoms with Crippen molar-refractivity contribution in [3.05, 3.63) is 82.7 Å². The third-order valence-electron chi connectivity index (χ3n) is 6.37. The van der Waals surface area contributed by atoms with Crippen LogP contribution in [0.1, 0.15) is 34.9 Å². The number of hydrogen-bond acceptors (Lipinski definition) is 8. The summed E-state index contributed by atoms with van der Waals surface area (Å²) >= 11 is 1.33. The highest BCUT2D eigenvalue weighted by atomic mass is 32.2. The monoisotopic (exact) mass is 528 g/mol. The molecule has 0 saturated carbocycles. The summed E-state index contributed by atoms with van der Waals surface area (Å²) in [4.78, 5) is 26.8. The number of benzene rings is 2. The Morgan fingerprint density at radius 1 is 1.16 bits per heavy atom. The molecule has 0 spiro atoms. The minimum Gasteiger partial charge on any atom is -0.497 e. The summed E-state index contributed by atoms with van der Waals surface area (Å²) in [7, 11) is 1.61. The molecule has 2 aromatic heterocycles. The zero-order valence-corrected chi connectivity index (χ0v) is 22.3. The van der Waals surface area contributed by atoms with Crippen molar-refractivity contribution in [2.24, 2.45) is 0 Å². The number of nitrogens with one attached hydrogen (secondary N) is 1. The van der Waals surface area contributed by atoms with Gasteiger partial charge in [-0.05, 0) is 43.2 Å². The van der Waals surface area contributed by atoms with E-state index in [2.05, 4.69) is 17.2 Å². The quantitative estimate of drug-likeness (QED) is 0.205. The fraction of sp³-hybridized carbons (Fsp3) is 0.241. The second-order valence-corrected chi connectivity index (χ2v) is 9.83. The second-order valence-electron chi connectivity index (χ2n) is 8.87. The maximum atomic E-state index is 12.8. The number of aryl methyl sites for hydroxylation is 2. The molecule has 2 aromatic carbocycles. The molecule has 38 heavy (non-hydrogen) atoms. The predicted molar refractivity (Wildman–Crippen MR) is 147 cm³/mol. The standard InChI is InChI=1S/C29H28N4O4S/c1-4-18-8-10-21(11-9-18)31-25(35)16-38-29-24-13-23-20(15-34)14-30-17(2)26(23)37-28(24)32-27(33-29)19-6-5-7-22(12-19)36-3/h5-12,14,34H,4,13,15-16H2,1-3H3,(H,31,35). The van der Waals surface area contributed by atoms with Gasteiger partial charge in [0.2, 0.25) is 11.8 Å². The Bertz CT molecular complexity index is 1490. The number of aliphatic hydroxyl groups excluding tert-OH is 1. The number of rotatable bonds is 8. The molecule has 0 saturated heterocycles. The van der Waals surface area contributed by atoms with Gasteiger partial charge in [-0.25, -0.2) is 4.98 Å². The minimum atomic E-state index is -0.154. The van der Waals surface area contributed by atoms with Crippen LogP contribution >= 0.6 is 11.8 Å². The summed E-state index contributed by atoms with van der Waals surface area (Å²) in [5.41, 5.74) is 5.76. The lowest BCUT2D eigenvalue weighted by Crippen LogP contribution is -2.16. The van der Waals surface area contributed by atoms with Gasteiger partial charge < -0.3 is 19.9 Å². The highest BCUT2D eigenvalue weighted by Gasteiger charge is 2.28. The van der Waals surface area contributed by atoms with Gasteiger partial charge in [-0.1, -0.05) is 43.0 Å². The maximum Gasteiger partial charge on any atom is 0.234 e. The summed E-state index contributed by atoms with van der Waals surface area (Å²) in [6.07, 6.45) is 3.07. The van der Waals surface area contributed by atoms with E-state index in [1.165, 1.54) is 17.3 Å². The van der Waals surface area contributed by atoms with Crippen molar-refractivity contribution in [3.63, 3.8) is 0 Å². The summed E-state index contributed by atoms with van der Waals surface area (Å²) in [6.45, 7) is 3.80. The van der Waals surface area contributed by atoms with Crippen LogP contribution in [0.5, 0.6) is 17.4 Å². The van der Waals surface area contributed by atoms with Crippen molar-refractivity contribution in [3.8, 4) is 28.8 Å². The number of carbonyl (C=O) groups is 1. The van der Waals surface area contributed by atoms with Gasteiger partial charge in [0.15, 0.2) is 11.6 Å². The summed E-state index contributed by atoms with van der Waals surface area (Å²) in [5.74, 6) is 2.19. The van der Waals surface area contributed by atoms with Crippen molar-refractivity contribution >= 4 is 23.4 Å². The van der Waals surface area contributed by atoms with E-state index in [0.29, 0.717) is 45.9 Å². The van der Waals surface area contributed by atoms with Crippen molar-refractivity contribution in [1.29, 1.82) is 0 Å². The number of methoxy groups -OCH3 is 1. The zero-order chi connectivity index (χ0) is 26.6. The van der Waals surface area contributed by atoms with Crippen LogP contribution in [0.15, 0.2) is 59.8 Å². The molecule has 5 rings (SSSR count). The molecule has 0 atom stereocenters. The van der Waals surface area contributed by atoms with E-state index in [-0.39, 0.29) is 18.3 Å². The van der Waals surface area contributed by atoms with E-state index < -0.39 is 0 Å². The second kappa shape index (κ2) is 11.2. The van der Waals surface area contributed by atoms with E-state index in [1.807, 2.05) is 55.5 Å². The molecule has 4 aromatic rings. The van der Waals surface area contributed by atoms with Crippen LogP contribution in [0.2, 0.25) is 0 Å². The average molecular weight is 529 g/mol. The van der Waals surface area contributed by atoms with Crippen LogP contribution in [0.4, 0.5) is 5.69 Å². The van der Waals surface area contributed by atoms with Crippen molar-refractivity contribution in [1.82, 2.24) is 15.0 Å². The van der Waals surface area contributed by atoms with E-state index in [1.54, 1.807) is 13.3 Å². The third-order valence-corrected chi connectivity index (χ3v) is 7.39. The average Bonchev–Trinajstić information content (AvgIpc) is 2.95. The van der Waals surface area contributed by atoms with Crippen LogP contribution in [0.25, 0.3) is 11.4 Å². The largest absolute Gasteiger partial charge is 0.497 e. The van der Waals surface area contributed by atoms with Gasteiger partial charge in [-0.2, -0.15) is 4.98 Å². The first-order valence-corrected chi connectivity index (χ1v) is 13.3. The molecule has 0 bridgehead atoms. The van der Waals surface area contributed by atoms with Crippen LogP contribution in [-0.2, 0) is 24.2 Å². The van der Waals surface area contributed by atoms with E-state index >= 15 is 0 Å². The van der Waals surface area contributed by atoms with Gasteiger partial charge in [0.25, 0.3) is 0 Å². The number of thioether (sulfide) groups is 1. The summed E-state index contributed by atoms with van der Waals surface area (Å²) in [6, 6.07) is 15.3. The molecule has 0 aliphatic carbocycles. The molecular formula is C29H28N4O4S. The fourth-order valence-corrected chi connectivity index (χ4v) is 5.08. The van der Waals surface area contributed by atoms with Gasteiger partial charge >= 0.3 is 0 Å². The number of aromatic nitrogens is 3. The smallest absolute Gasteiger partial charge is 0.234 e. The fourth-order valence-electron chi connectivity index (χ4n) is 4.26. The Labute approximate surface area is 225 Å². The number of nitrogens with zero attached hydrogens (tertiary/aromatic N) is 3. The highest BCUT2D eigenvalue weighted by Crippen LogP contribution is 2.42. The van der Waals surface area contributed by atoms with Crippen LogP contribution < -0.4 is 14.8 Å². The topological polar surface area (TPSA) is 106 Å². The molecule has 9 heteroatoms. The number of anilines is 1. The highest BCUT2D eigenvalue weighted by molar-refractivity contribution is 8.00. The molecule has 1 aliphatic heterocycles. The Morgan fingerprint density at radius 3 is 2.71 bits per heavy atom. The molecule has 194 valence electrons. The molecule has 1 amide bonds. The van der Waals surface area contributed by atoms with Gasteiger partial charge in [0, 0.05) is 35.0 Å². The van der Waals surface area contributed by atoms with E-state index in [0.717, 1.165) is 28.8 Å². The zero-order valence-electron chi connectivity index (χ0n) is 21.4. The molecule has 2 N–H and O–H groups in total. The number of carbonyl (C=O) groups excluding carboxylic acids is 1. The van der Waals surface area contributed by atoms with E-state index in [9.17, 15) is 9.90 Å². The van der Waals surface area contributed by atoms with Gasteiger partial charge in [-0.3, -0.25) is 9.78 Å². The Hall–Kier alpha value is -3.95. The molecule has 1 aliphatic rings. The Kier molecular flexibility index (Phi) is 7.57. The van der Waals surface area contributed by atoms with Crippen LogP contribution in [0, 0.1) is 6.92 Å². The Balaban J connectivity index is 1.47. The molecule has 0 radical (unpaired) electrons. The lowest BCUT2D eigenvalue weighted by molar-refractivity contribution is -0.113. The number of pyridine rings is 1. The number of amides is 1. The SMILES string of the molecule is CCc1ccc(NC(=O)CSc2nc(-c3cccc(OC)c3)nc3c2Cc2c(CO)cnc(C)c2O3)cc1. The van der Waals surface area contributed by atoms with Crippen LogP contribution in [0.3, 0.4) is 0 Å². The summed E-state index contributed by atoms with van der Waals surface area (Å²) in [5, 5.41) is 13.5.